The molecule has 3 heteroatoms. The van der Waals surface area contributed by atoms with E-state index in [0.717, 1.165) is 32.8 Å². The number of morpholine rings is 1. The molecule has 0 atom stereocenters. The van der Waals surface area contributed by atoms with Gasteiger partial charge in [-0.25, -0.2) is 0 Å². The Balaban J connectivity index is 1.58. The Labute approximate surface area is 116 Å². The van der Waals surface area contributed by atoms with Crippen molar-refractivity contribution in [2.24, 2.45) is 0 Å². The Bertz CT molecular complexity index is 378. The van der Waals surface area contributed by atoms with Gasteiger partial charge in [-0.2, -0.15) is 0 Å². The molecular weight excluding hydrogens is 236 g/mol. The first-order valence-electron chi connectivity index (χ1n) is 7.56. The van der Waals surface area contributed by atoms with Crippen LogP contribution in [0.15, 0.2) is 24.3 Å². The molecule has 1 aromatic rings. The fourth-order valence-electron chi connectivity index (χ4n) is 3.01. The minimum atomic E-state index is 0.857. The Morgan fingerprint density at radius 1 is 0.842 bits per heavy atom. The third-order valence-corrected chi connectivity index (χ3v) is 4.17. The maximum absolute atomic E-state index is 5.40. The molecule has 3 rings (SSSR count). The lowest BCUT2D eigenvalue weighted by molar-refractivity contribution is 0.122. The van der Waals surface area contributed by atoms with Crippen LogP contribution in [-0.2, 0) is 11.3 Å². The summed E-state index contributed by atoms with van der Waals surface area (Å²) >= 11 is 0. The average Bonchev–Trinajstić information content (AvgIpc) is 2.50. The summed E-state index contributed by atoms with van der Waals surface area (Å²) in [7, 11) is 0. The summed E-state index contributed by atoms with van der Waals surface area (Å²) in [5, 5.41) is 0. The predicted octanol–water partition coefficient (Wildman–Crippen LogP) is 2.51. The van der Waals surface area contributed by atoms with Crippen LogP contribution >= 0.6 is 0 Å². The summed E-state index contributed by atoms with van der Waals surface area (Å²) < 4.78 is 5.40. The summed E-state index contributed by atoms with van der Waals surface area (Å²) in [6, 6.07) is 9.12. The Hall–Kier alpha value is -1.06. The second-order valence-electron chi connectivity index (χ2n) is 5.60. The van der Waals surface area contributed by atoms with E-state index in [2.05, 4.69) is 34.1 Å². The predicted molar refractivity (Wildman–Crippen MR) is 78.6 cm³/mol. The van der Waals surface area contributed by atoms with Gasteiger partial charge in [0.1, 0.15) is 0 Å². The summed E-state index contributed by atoms with van der Waals surface area (Å²) in [6.07, 6.45) is 4.14. The maximum Gasteiger partial charge on any atom is 0.0642 e. The molecule has 0 aromatic heterocycles. The van der Waals surface area contributed by atoms with Gasteiger partial charge in [0, 0.05) is 25.3 Å². The van der Waals surface area contributed by atoms with E-state index in [-0.39, 0.29) is 0 Å². The smallest absolute Gasteiger partial charge is 0.0642 e. The fourth-order valence-corrected chi connectivity index (χ4v) is 3.01. The van der Waals surface area contributed by atoms with Crippen LogP contribution in [0.1, 0.15) is 24.8 Å². The van der Waals surface area contributed by atoms with Crippen LogP contribution in [0.2, 0.25) is 0 Å². The van der Waals surface area contributed by atoms with Gasteiger partial charge in [-0.15, -0.1) is 0 Å². The Morgan fingerprint density at radius 3 is 2.21 bits per heavy atom. The van der Waals surface area contributed by atoms with E-state index in [1.807, 2.05) is 0 Å². The van der Waals surface area contributed by atoms with Crippen LogP contribution in [0.5, 0.6) is 0 Å². The number of ether oxygens (including phenoxy) is 1. The van der Waals surface area contributed by atoms with Crippen LogP contribution in [0.4, 0.5) is 5.69 Å². The number of likely N-dealkylation sites (tertiary alicyclic amines) is 1. The summed E-state index contributed by atoms with van der Waals surface area (Å²) in [5.41, 5.74) is 2.78. The number of hydrogen-bond acceptors (Lipinski definition) is 3. The average molecular weight is 260 g/mol. The van der Waals surface area contributed by atoms with Crippen molar-refractivity contribution in [2.75, 3.05) is 44.3 Å². The highest BCUT2D eigenvalue weighted by Gasteiger charge is 2.12. The SMILES string of the molecule is c1cc(N2CCOCC2)ccc1CN1CCCCC1. The number of nitrogens with zero attached hydrogens (tertiary/aromatic N) is 2. The normalized spacial score (nSPS) is 21.6. The van der Waals surface area contributed by atoms with E-state index in [1.165, 1.54) is 43.6 Å². The molecule has 2 aliphatic rings. The van der Waals surface area contributed by atoms with Crippen LogP contribution in [0.3, 0.4) is 0 Å². The minimum Gasteiger partial charge on any atom is -0.378 e. The van der Waals surface area contributed by atoms with Crippen LogP contribution in [-0.4, -0.2) is 44.3 Å². The molecule has 0 aliphatic carbocycles. The molecule has 0 bridgehead atoms. The molecule has 2 fully saturated rings. The van der Waals surface area contributed by atoms with Crippen molar-refractivity contribution >= 4 is 5.69 Å². The van der Waals surface area contributed by atoms with Gasteiger partial charge in [0.25, 0.3) is 0 Å². The highest BCUT2D eigenvalue weighted by atomic mass is 16.5. The highest BCUT2D eigenvalue weighted by molar-refractivity contribution is 5.47. The van der Waals surface area contributed by atoms with E-state index < -0.39 is 0 Å². The van der Waals surface area contributed by atoms with E-state index in [0.29, 0.717) is 0 Å². The first-order valence-corrected chi connectivity index (χ1v) is 7.56. The minimum absolute atomic E-state index is 0.857. The van der Waals surface area contributed by atoms with Crippen molar-refractivity contribution in [1.29, 1.82) is 0 Å². The van der Waals surface area contributed by atoms with Gasteiger partial charge >= 0.3 is 0 Å². The number of anilines is 1. The van der Waals surface area contributed by atoms with Crippen molar-refractivity contribution in [2.45, 2.75) is 25.8 Å². The van der Waals surface area contributed by atoms with Gasteiger partial charge in [0.15, 0.2) is 0 Å². The quantitative estimate of drug-likeness (QED) is 0.830. The summed E-state index contributed by atoms with van der Waals surface area (Å²) in [4.78, 5) is 4.99. The summed E-state index contributed by atoms with van der Waals surface area (Å²) in [5.74, 6) is 0. The van der Waals surface area contributed by atoms with Crippen LogP contribution in [0, 0.1) is 0 Å². The topological polar surface area (TPSA) is 15.7 Å². The molecule has 2 heterocycles. The third-order valence-electron chi connectivity index (χ3n) is 4.17. The zero-order chi connectivity index (χ0) is 12.9. The number of rotatable bonds is 3. The molecule has 3 nitrogen and oxygen atoms in total. The monoisotopic (exact) mass is 260 g/mol. The molecule has 0 spiro atoms. The fraction of sp³-hybridized carbons (Fsp3) is 0.625. The highest BCUT2D eigenvalue weighted by Crippen LogP contribution is 2.18. The molecule has 2 saturated heterocycles. The molecule has 2 aliphatic heterocycles. The second kappa shape index (κ2) is 6.40. The first-order chi connectivity index (χ1) is 9.42. The molecular formula is C16H24N2O. The molecule has 0 saturated carbocycles. The van der Waals surface area contributed by atoms with Crippen molar-refractivity contribution in [3.05, 3.63) is 29.8 Å². The third kappa shape index (κ3) is 3.48. The first kappa shape index (κ1) is 12.9. The van der Waals surface area contributed by atoms with Crippen molar-refractivity contribution in [1.82, 2.24) is 4.90 Å². The van der Waals surface area contributed by atoms with Crippen LogP contribution in [0.25, 0.3) is 0 Å². The largest absolute Gasteiger partial charge is 0.378 e. The lowest BCUT2D eigenvalue weighted by Gasteiger charge is -2.29. The van der Waals surface area contributed by atoms with Gasteiger partial charge < -0.3 is 9.64 Å². The summed E-state index contributed by atoms with van der Waals surface area (Å²) in [6.45, 7) is 7.40. The lowest BCUT2D eigenvalue weighted by atomic mass is 10.1. The zero-order valence-corrected chi connectivity index (χ0v) is 11.7. The maximum atomic E-state index is 5.40. The van der Waals surface area contributed by atoms with E-state index in [9.17, 15) is 0 Å². The van der Waals surface area contributed by atoms with E-state index in [1.54, 1.807) is 0 Å². The number of piperidine rings is 1. The molecule has 0 radical (unpaired) electrons. The van der Waals surface area contributed by atoms with Gasteiger partial charge in [-0.3, -0.25) is 4.90 Å². The molecule has 0 N–H and O–H groups in total. The second-order valence-corrected chi connectivity index (χ2v) is 5.60. The molecule has 1 aromatic carbocycles. The van der Waals surface area contributed by atoms with Crippen molar-refractivity contribution in [3.63, 3.8) is 0 Å². The van der Waals surface area contributed by atoms with E-state index in [4.69, 9.17) is 4.74 Å². The van der Waals surface area contributed by atoms with Crippen molar-refractivity contribution in [3.8, 4) is 0 Å². The van der Waals surface area contributed by atoms with Crippen molar-refractivity contribution < 1.29 is 4.74 Å². The molecule has 19 heavy (non-hydrogen) atoms. The molecule has 0 unspecified atom stereocenters. The molecule has 104 valence electrons. The number of benzene rings is 1. The standard InChI is InChI=1S/C16H24N2O/c1-2-8-17(9-3-1)14-15-4-6-16(7-5-15)18-10-12-19-13-11-18/h4-7H,1-3,8-14H2. The lowest BCUT2D eigenvalue weighted by Crippen LogP contribution is -2.36. The zero-order valence-electron chi connectivity index (χ0n) is 11.7. The van der Waals surface area contributed by atoms with E-state index >= 15 is 0 Å². The van der Waals surface area contributed by atoms with Gasteiger partial charge in [-0.1, -0.05) is 18.6 Å². The molecule has 0 amide bonds. The number of hydrogen-bond donors (Lipinski definition) is 0. The van der Waals surface area contributed by atoms with Crippen LogP contribution < -0.4 is 4.90 Å². The van der Waals surface area contributed by atoms with Gasteiger partial charge in [-0.05, 0) is 43.6 Å². The van der Waals surface area contributed by atoms with Gasteiger partial charge in [0.2, 0.25) is 0 Å². The Morgan fingerprint density at radius 2 is 1.53 bits per heavy atom. The van der Waals surface area contributed by atoms with Gasteiger partial charge in [0.05, 0.1) is 13.2 Å². The Kier molecular flexibility index (Phi) is 4.36.